The van der Waals surface area contributed by atoms with Crippen LogP contribution in [0.5, 0.6) is 11.5 Å². The first-order valence-electron chi connectivity index (χ1n) is 5.87. The normalized spacial score (nSPS) is 16.5. The molecule has 1 aromatic rings. The Kier molecular flexibility index (Phi) is 4.96. The van der Waals surface area contributed by atoms with Crippen molar-refractivity contribution in [2.75, 3.05) is 13.7 Å². The van der Waals surface area contributed by atoms with Gasteiger partial charge in [0.25, 0.3) is 11.1 Å². The minimum Gasteiger partial charge on any atom is -0.504 e. The molecule has 0 atom stereocenters. The van der Waals surface area contributed by atoms with Crippen LogP contribution in [0, 0.1) is 3.57 Å². The van der Waals surface area contributed by atoms with Crippen LogP contribution >= 0.6 is 34.4 Å². The van der Waals surface area contributed by atoms with Gasteiger partial charge in [0.1, 0.15) is 6.54 Å². The van der Waals surface area contributed by atoms with Crippen molar-refractivity contribution in [1.29, 1.82) is 0 Å². The van der Waals surface area contributed by atoms with E-state index in [1.807, 2.05) is 22.6 Å². The number of aromatic hydroxyl groups is 1. The fraction of sp³-hybridized carbons (Fsp3) is 0.154. The lowest BCUT2D eigenvalue weighted by Gasteiger charge is -2.08. The zero-order valence-electron chi connectivity index (χ0n) is 11.2. The van der Waals surface area contributed by atoms with Gasteiger partial charge in [-0.05, 0) is 58.1 Å². The zero-order chi connectivity index (χ0) is 16.4. The fourth-order valence-electron chi connectivity index (χ4n) is 1.76. The van der Waals surface area contributed by atoms with Crippen molar-refractivity contribution in [1.82, 2.24) is 4.90 Å². The number of benzene rings is 1. The lowest BCUT2D eigenvalue weighted by atomic mass is 10.2. The minimum absolute atomic E-state index is 0.0146. The highest BCUT2D eigenvalue weighted by atomic mass is 127. The molecule has 2 amide bonds. The number of rotatable bonds is 4. The van der Waals surface area contributed by atoms with E-state index in [9.17, 15) is 19.5 Å². The molecule has 2 rings (SSSR count). The summed E-state index contributed by atoms with van der Waals surface area (Å²) in [4.78, 5) is 35.1. The number of methoxy groups -OCH3 is 1. The van der Waals surface area contributed by atoms with E-state index in [4.69, 9.17) is 9.84 Å². The van der Waals surface area contributed by atoms with Crippen LogP contribution in [0.15, 0.2) is 17.0 Å². The number of nitrogens with zero attached hydrogens (tertiary/aromatic N) is 1. The van der Waals surface area contributed by atoms with Gasteiger partial charge in [0, 0.05) is 0 Å². The Morgan fingerprint density at radius 3 is 2.73 bits per heavy atom. The second kappa shape index (κ2) is 6.57. The number of carbonyl (C=O) groups is 3. The SMILES string of the molecule is COc1cc(C=C2SC(=O)N(CC(=O)O)C2=O)cc(I)c1O. The third-order valence-corrected chi connectivity index (χ3v) is 4.47. The van der Waals surface area contributed by atoms with Crippen LogP contribution in [-0.4, -0.2) is 45.9 Å². The van der Waals surface area contributed by atoms with Gasteiger partial charge in [0.15, 0.2) is 11.5 Å². The Labute approximate surface area is 143 Å². The van der Waals surface area contributed by atoms with Crippen LogP contribution < -0.4 is 4.74 Å². The number of carboxylic acids is 1. The van der Waals surface area contributed by atoms with Crippen molar-refractivity contribution < 1.29 is 29.3 Å². The zero-order valence-corrected chi connectivity index (χ0v) is 14.2. The summed E-state index contributed by atoms with van der Waals surface area (Å²) in [7, 11) is 1.40. The van der Waals surface area contributed by atoms with Crippen LogP contribution in [-0.2, 0) is 9.59 Å². The highest BCUT2D eigenvalue weighted by Gasteiger charge is 2.36. The maximum absolute atomic E-state index is 12.0. The molecule has 116 valence electrons. The summed E-state index contributed by atoms with van der Waals surface area (Å²) >= 11 is 2.58. The Morgan fingerprint density at radius 1 is 1.45 bits per heavy atom. The molecule has 7 nitrogen and oxygen atoms in total. The molecule has 22 heavy (non-hydrogen) atoms. The molecule has 1 aliphatic rings. The monoisotopic (exact) mass is 435 g/mol. The van der Waals surface area contributed by atoms with Crippen LogP contribution in [0.4, 0.5) is 4.79 Å². The van der Waals surface area contributed by atoms with E-state index in [1.165, 1.54) is 19.3 Å². The third kappa shape index (κ3) is 3.35. The van der Waals surface area contributed by atoms with Gasteiger partial charge in [-0.1, -0.05) is 0 Å². The molecule has 2 N–H and O–H groups in total. The van der Waals surface area contributed by atoms with E-state index in [-0.39, 0.29) is 16.4 Å². The predicted octanol–water partition coefficient (Wildman–Crippen LogP) is 2.13. The van der Waals surface area contributed by atoms with Crippen LogP contribution in [0.2, 0.25) is 0 Å². The van der Waals surface area contributed by atoms with Crippen molar-refractivity contribution in [2.45, 2.75) is 0 Å². The van der Waals surface area contributed by atoms with E-state index < -0.39 is 23.7 Å². The van der Waals surface area contributed by atoms with E-state index >= 15 is 0 Å². The Morgan fingerprint density at radius 2 is 2.14 bits per heavy atom. The fourth-order valence-corrected chi connectivity index (χ4v) is 3.22. The highest BCUT2D eigenvalue weighted by Crippen LogP contribution is 2.36. The number of amides is 2. The largest absolute Gasteiger partial charge is 0.504 e. The first-order valence-corrected chi connectivity index (χ1v) is 7.76. The lowest BCUT2D eigenvalue weighted by Crippen LogP contribution is -2.33. The number of hydrogen-bond donors (Lipinski definition) is 2. The first kappa shape index (κ1) is 16.6. The van der Waals surface area contributed by atoms with Gasteiger partial charge in [-0.3, -0.25) is 19.3 Å². The van der Waals surface area contributed by atoms with Gasteiger partial charge in [-0.15, -0.1) is 0 Å². The van der Waals surface area contributed by atoms with Gasteiger partial charge in [0.2, 0.25) is 0 Å². The molecule has 0 spiro atoms. The molecule has 1 saturated heterocycles. The van der Waals surface area contributed by atoms with Crippen molar-refractivity contribution >= 4 is 57.5 Å². The predicted molar refractivity (Wildman–Crippen MR) is 87.7 cm³/mol. The number of hydrogen-bond acceptors (Lipinski definition) is 6. The van der Waals surface area contributed by atoms with E-state index in [0.29, 0.717) is 25.8 Å². The summed E-state index contributed by atoms with van der Waals surface area (Å²) in [5.41, 5.74) is 0.555. The standard InChI is InChI=1S/C13H10INO6S/c1-21-8-3-6(2-7(14)11(8)18)4-9-12(19)15(5-10(16)17)13(20)22-9/h2-4,18H,5H2,1H3,(H,16,17). The number of carboxylic acid groups (broad SMARTS) is 1. The lowest BCUT2D eigenvalue weighted by molar-refractivity contribution is -0.140. The molecule has 0 saturated carbocycles. The van der Waals surface area contributed by atoms with Crippen molar-refractivity contribution in [3.05, 3.63) is 26.2 Å². The second-order valence-electron chi connectivity index (χ2n) is 4.22. The molecule has 0 radical (unpaired) electrons. The van der Waals surface area contributed by atoms with Gasteiger partial charge in [-0.25, -0.2) is 0 Å². The molecule has 0 aliphatic carbocycles. The Hall–Kier alpha value is -1.75. The average molecular weight is 435 g/mol. The topological polar surface area (TPSA) is 104 Å². The summed E-state index contributed by atoms with van der Waals surface area (Å²) in [6.45, 7) is -0.668. The molecule has 0 bridgehead atoms. The maximum Gasteiger partial charge on any atom is 0.323 e. The number of phenols is 1. The number of ether oxygens (including phenoxy) is 1. The summed E-state index contributed by atoms with van der Waals surface area (Å²) in [6, 6.07) is 3.13. The van der Waals surface area contributed by atoms with Gasteiger partial charge < -0.3 is 14.9 Å². The number of aliphatic carboxylic acids is 1. The molecule has 1 aliphatic heterocycles. The number of carbonyl (C=O) groups excluding carboxylic acids is 2. The Bertz CT molecular complexity index is 702. The van der Waals surface area contributed by atoms with Crippen molar-refractivity contribution in [3.63, 3.8) is 0 Å². The van der Waals surface area contributed by atoms with E-state index in [0.717, 1.165) is 0 Å². The number of phenolic OH excluding ortho intramolecular Hbond substituents is 1. The van der Waals surface area contributed by atoms with Crippen molar-refractivity contribution in [3.8, 4) is 11.5 Å². The van der Waals surface area contributed by atoms with Gasteiger partial charge in [0.05, 0.1) is 15.6 Å². The maximum atomic E-state index is 12.0. The third-order valence-electron chi connectivity index (χ3n) is 2.74. The molecule has 0 aromatic heterocycles. The van der Waals surface area contributed by atoms with E-state index in [2.05, 4.69) is 0 Å². The highest BCUT2D eigenvalue weighted by molar-refractivity contribution is 14.1. The Balaban J connectivity index is 2.34. The minimum atomic E-state index is -1.26. The first-order chi connectivity index (χ1) is 10.3. The van der Waals surface area contributed by atoms with E-state index in [1.54, 1.807) is 6.07 Å². The average Bonchev–Trinajstić information content (AvgIpc) is 2.70. The number of thioether (sulfide) groups is 1. The summed E-state index contributed by atoms with van der Waals surface area (Å²) in [5.74, 6) is -1.69. The van der Waals surface area contributed by atoms with Crippen LogP contribution in [0.3, 0.4) is 0 Å². The molecule has 1 heterocycles. The van der Waals surface area contributed by atoms with Gasteiger partial charge >= 0.3 is 5.97 Å². The summed E-state index contributed by atoms with van der Waals surface area (Å²) in [6.07, 6.45) is 1.46. The smallest absolute Gasteiger partial charge is 0.323 e. The molecule has 0 unspecified atom stereocenters. The van der Waals surface area contributed by atoms with Gasteiger partial charge in [-0.2, -0.15) is 0 Å². The number of halogens is 1. The quantitative estimate of drug-likeness (QED) is 0.552. The molecule has 1 aromatic carbocycles. The second-order valence-corrected chi connectivity index (χ2v) is 6.37. The molecule has 1 fully saturated rings. The molecular formula is C13H10INO6S. The number of imide groups is 1. The molecule has 9 heteroatoms. The summed E-state index contributed by atoms with van der Waals surface area (Å²) in [5, 5.41) is 17.8. The van der Waals surface area contributed by atoms with Crippen LogP contribution in [0.25, 0.3) is 6.08 Å². The van der Waals surface area contributed by atoms with Crippen LogP contribution in [0.1, 0.15) is 5.56 Å². The van der Waals surface area contributed by atoms with Crippen molar-refractivity contribution in [2.24, 2.45) is 0 Å². The summed E-state index contributed by atoms with van der Waals surface area (Å²) < 4.78 is 5.54. The molecular weight excluding hydrogens is 425 g/mol.